The highest BCUT2D eigenvalue weighted by Crippen LogP contribution is 2.27. The van der Waals surface area contributed by atoms with Gasteiger partial charge in [0.2, 0.25) is 0 Å². The van der Waals surface area contributed by atoms with E-state index in [2.05, 4.69) is 13.3 Å². The summed E-state index contributed by atoms with van der Waals surface area (Å²) in [6.45, 7) is 2.30. The van der Waals surface area contributed by atoms with Gasteiger partial charge in [0.25, 0.3) is 0 Å². The maximum Gasteiger partial charge on any atom is -0.0355 e. The lowest BCUT2D eigenvalue weighted by molar-refractivity contribution is 0.387. The zero-order valence-corrected chi connectivity index (χ0v) is 13.5. The van der Waals surface area contributed by atoms with Crippen molar-refractivity contribution in [3.63, 3.8) is 0 Å². The second-order valence-electron chi connectivity index (χ2n) is 6.60. The van der Waals surface area contributed by atoms with Crippen molar-refractivity contribution in [3.05, 3.63) is 6.42 Å². The molecular formula is C19H37. The fraction of sp³-hybridized carbons (Fsp3) is 0.947. The van der Waals surface area contributed by atoms with E-state index in [1.165, 1.54) is 103 Å². The third kappa shape index (κ3) is 10.4. The Balaban J connectivity index is 1.71. The topological polar surface area (TPSA) is 0 Å². The first-order valence-corrected chi connectivity index (χ1v) is 9.27. The number of rotatable bonds is 12. The lowest BCUT2D eigenvalue weighted by Gasteiger charge is -2.20. The van der Waals surface area contributed by atoms with Crippen LogP contribution in [0, 0.1) is 12.3 Å². The van der Waals surface area contributed by atoms with Crippen LogP contribution in [0.1, 0.15) is 110 Å². The van der Waals surface area contributed by atoms with E-state index < -0.39 is 0 Å². The predicted octanol–water partition coefficient (Wildman–Crippen LogP) is 7.08. The molecule has 0 spiro atoms. The highest BCUT2D eigenvalue weighted by Gasteiger charge is 2.12. The molecular weight excluding hydrogens is 228 g/mol. The molecule has 0 unspecified atom stereocenters. The summed E-state index contributed by atoms with van der Waals surface area (Å²) in [6, 6.07) is 0. The van der Waals surface area contributed by atoms with Crippen LogP contribution in [-0.2, 0) is 0 Å². The summed E-state index contributed by atoms with van der Waals surface area (Å²) >= 11 is 0. The van der Waals surface area contributed by atoms with E-state index in [-0.39, 0.29) is 0 Å². The van der Waals surface area contributed by atoms with Crippen LogP contribution in [0.4, 0.5) is 0 Å². The van der Waals surface area contributed by atoms with Crippen molar-refractivity contribution in [3.8, 4) is 0 Å². The Morgan fingerprint density at radius 1 is 0.684 bits per heavy atom. The van der Waals surface area contributed by atoms with Gasteiger partial charge in [-0.1, -0.05) is 103 Å². The minimum absolute atomic E-state index is 0.979. The third-order valence-corrected chi connectivity index (χ3v) is 4.71. The summed E-state index contributed by atoms with van der Waals surface area (Å²) in [5, 5.41) is 0. The molecule has 0 atom stereocenters. The van der Waals surface area contributed by atoms with Gasteiger partial charge in [-0.2, -0.15) is 0 Å². The predicted molar refractivity (Wildman–Crippen MR) is 87.3 cm³/mol. The molecule has 1 rings (SSSR count). The van der Waals surface area contributed by atoms with Gasteiger partial charge < -0.3 is 0 Å². The minimum atomic E-state index is 0.979. The van der Waals surface area contributed by atoms with E-state index in [9.17, 15) is 0 Å². The molecule has 19 heavy (non-hydrogen) atoms. The zero-order valence-electron chi connectivity index (χ0n) is 13.5. The summed E-state index contributed by atoms with van der Waals surface area (Å²) in [4.78, 5) is 0. The van der Waals surface area contributed by atoms with Crippen LogP contribution in [-0.4, -0.2) is 0 Å². The molecule has 1 aliphatic carbocycles. The molecule has 1 fully saturated rings. The fourth-order valence-corrected chi connectivity index (χ4v) is 3.36. The lowest BCUT2D eigenvalue weighted by atomic mass is 9.85. The average molecular weight is 266 g/mol. The van der Waals surface area contributed by atoms with Crippen molar-refractivity contribution < 1.29 is 0 Å². The summed E-state index contributed by atoms with van der Waals surface area (Å²) in [5.41, 5.74) is 0. The first kappa shape index (κ1) is 17.1. The lowest BCUT2D eigenvalue weighted by Crippen LogP contribution is -2.06. The smallest absolute Gasteiger partial charge is 0.0355 e. The second kappa shape index (κ2) is 13.0. The maximum atomic E-state index is 2.64. The van der Waals surface area contributed by atoms with Crippen LogP contribution in [0.5, 0.6) is 0 Å². The molecule has 0 heteroatoms. The van der Waals surface area contributed by atoms with Gasteiger partial charge in [-0.25, -0.2) is 0 Å². The quantitative estimate of drug-likeness (QED) is 0.331. The van der Waals surface area contributed by atoms with Gasteiger partial charge in [-0.3, -0.25) is 0 Å². The van der Waals surface area contributed by atoms with Gasteiger partial charge in [0.05, 0.1) is 0 Å². The Kier molecular flexibility index (Phi) is 11.7. The minimum Gasteiger partial charge on any atom is -0.0654 e. The molecule has 0 N–H and O–H groups in total. The van der Waals surface area contributed by atoms with E-state index in [1.54, 1.807) is 0 Å². The van der Waals surface area contributed by atoms with Crippen LogP contribution in [0.3, 0.4) is 0 Å². The molecule has 0 aromatic rings. The zero-order chi connectivity index (χ0) is 13.6. The van der Waals surface area contributed by atoms with Crippen LogP contribution in [0.15, 0.2) is 0 Å². The van der Waals surface area contributed by atoms with Crippen molar-refractivity contribution in [1.29, 1.82) is 0 Å². The largest absolute Gasteiger partial charge is 0.0654 e. The molecule has 0 bridgehead atoms. The van der Waals surface area contributed by atoms with E-state index >= 15 is 0 Å². The molecule has 0 amide bonds. The Labute approximate surface area is 122 Å². The highest BCUT2D eigenvalue weighted by molar-refractivity contribution is 4.79. The van der Waals surface area contributed by atoms with Crippen molar-refractivity contribution in [1.82, 2.24) is 0 Å². The molecule has 0 aromatic carbocycles. The molecule has 0 aromatic heterocycles. The SMILES string of the molecule is CCCCCCCCCCCC[CH]C1CCCCC1. The Morgan fingerprint density at radius 3 is 1.79 bits per heavy atom. The average Bonchev–Trinajstić information content (AvgIpc) is 2.46. The first-order chi connectivity index (χ1) is 9.43. The van der Waals surface area contributed by atoms with Gasteiger partial charge >= 0.3 is 0 Å². The van der Waals surface area contributed by atoms with Crippen LogP contribution >= 0.6 is 0 Å². The van der Waals surface area contributed by atoms with Gasteiger partial charge in [-0.15, -0.1) is 0 Å². The molecule has 0 saturated heterocycles. The Hall–Kier alpha value is 0. The van der Waals surface area contributed by atoms with E-state index in [0.29, 0.717) is 0 Å². The molecule has 0 heterocycles. The van der Waals surface area contributed by atoms with Gasteiger partial charge in [-0.05, 0) is 18.8 Å². The fourth-order valence-electron chi connectivity index (χ4n) is 3.36. The summed E-state index contributed by atoms with van der Waals surface area (Å²) in [7, 11) is 0. The summed E-state index contributed by atoms with van der Waals surface area (Å²) in [5.74, 6) is 0.979. The van der Waals surface area contributed by atoms with Crippen molar-refractivity contribution in [2.45, 2.75) is 110 Å². The second-order valence-corrected chi connectivity index (χ2v) is 6.60. The Morgan fingerprint density at radius 2 is 1.21 bits per heavy atom. The molecule has 1 aliphatic rings. The molecule has 113 valence electrons. The number of hydrogen-bond acceptors (Lipinski definition) is 0. The van der Waals surface area contributed by atoms with Crippen LogP contribution < -0.4 is 0 Å². The molecule has 0 nitrogen and oxygen atoms in total. The van der Waals surface area contributed by atoms with E-state index in [1.807, 2.05) is 0 Å². The standard InChI is InChI=1S/C19H37/c1-2-3-4-5-6-7-8-9-10-11-13-16-19-17-14-12-15-18-19/h16,19H,2-15,17-18H2,1H3. The van der Waals surface area contributed by atoms with Gasteiger partial charge in [0.1, 0.15) is 0 Å². The van der Waals surface area contributed by atoms with Gasteiger partial charge in [0, 0.05) is 0 Å². The van der Waals surface area contributed by atoms with E-state index in [4.69, 9.17) is 0 Å². The Bertz CT molecular complexity index is 167. The number of hydrogen-bond donors (Lipinski definition) is 0. The number of unbranched alkanes of at least 4 members (excludes halogenated alkanes) is 10. The van der Waals surface area contributed by atoms with Gasteiger partial charge in [0.15, 0.2) is 0 Å². The summed E-state index contributed by atoms with van der Waals surface area (Å²) in [6.07, 6.45) is 26.1. The summed E-state index contributed by atoms with van der Waals surface area (Å²) < 4.78 is 0. The maximum absolute atomic E-state index is 2.64. The highest BCUT2D eigenvalue weighted by atomic mass is 14.2. The van der Waals surface area contributed by atoms with Crippen molar-refractivity contribution >= 4 is 0 Å². The normalized spacial score (nSPS) is 16.9. The first-order valence-electron chi connectivity index (χ1n) is 9.27. The molecule has 1 saturated carbocycles. The monoisotopic (exact) mass is 265 g/mol. The third-order valence-electron chi connectivity index (χ3n) is 4.71. The molecule has 1 radical (unpaired) electrons. The van der Waals surface area contributed by atoms with Crippen molar-refractivity contribution in [2.24, 2.45) is 5.92 Å². The van der Waals surface area contributed by atoms with Crippen molar-refractivity contribution in [2.75, 3.05) is 0 Å². The van der Waals surface area contributed by atoms with E-state index in [0.717, 1.165) is 5.92 Å². The van der Waals surface area contributed by atoms with Crippen LogP contribution in [0.25, 0.3) is 0 Å². The van der Waals surface area contributed by atoms with Crippen LogP contribution in [0.2, 0.25) is 0 Å². The molecule has 0 aliphatic heterocycles.